The number of rotatable bonds is 16. The fourth-order valence-electron chi connectivity index (χ4n) is 3.32. The second-order valence-electron chi connectivity index (χ2n) is 9.20. The quantitative estimate of drug-likeness (QED) is 0.160. The molecule has 2 rings (SSSR count). The Labute approximate surface area is 230 Å². The lowest BCUT2D eigenvalue weighted by atomic mass is 10.1. The molecule has 216 valence electrons. The van der Waals surface area contributed by atoms with E-state index < -0.39 is 11.9 Å². The minimum Gasteiger partial charge on any atom is -0.508 e. The van der Waals surface area contributed by atoms with Crippen molar-refractivity contribution in [2.24, 2.45) is 0 Å². The van der Waals surface area contributed by atoms with Crippen LogP contribution in [0.1, 0.15) is 117 Å². The average molecular weight is 533 g/mol. The fraction of sp³-hybridized carbons (Fsp3) is 0.562. The highest BCUT2D eigenvalue weighted by atomic mass is 16.4. The first kappa shape index (κ1) is 37.1. The zero-order valence-electron chi connectivity index (χ0n) is 23.7. The molecule has 0 unspecified atom stereocenters. The zero-order chi connectivity index (χ0) is 28.7. The Morgan fingerprint density at radius 2 is 0.737 bits per heavy atom. The monoisotopic (exact) mass is 532 g/mol. The molecule has 6 nitrogen and oxygen atoms in total. The van der Waals surface area contributed by atoms with E-state index in [1.165, 1.54) is 64.2 Å². The maximum Gasteiger partial charge on any atom is 0.303 e. The van der Waals surface area contributed by atoms with Crippen LogP contribution in [0.2, 0.25) is 0 Å². The topological polar surface area (TPSA) is 115 Å². The Bertz CT molecular complexity index is 684. The molecule has 6 heteroatoms. The zero-order valence-corrected chi connectivity index (χ0v) is 23.7. The molecule has 0 heterocycles. The van der Waals surface area contributed by atoms with Gasteiger partial charge in [0.2, 0.25) is 0 Å². The molecule has 0 spiro atoms. The van der Waals surface area contributed by atoms with Crippen molar-refractivity contribution in [3.8, 4) is 11.5 Å². The summed E-state index contributed by atoms with van der Waals surface area (Å²) in [5.74, 6) is -0.683. The van der Waals surface area contributed by atoms with Crippen molar-refractivity contribution in [1.29, 1.82) is 0 Å². The van der Waals surface area contributed by atoms with Crippen LogP contribution in [0.5, 0.6) is 11.5 Å². The minimum atomic E-state index is -0.663. The number of phenolic OH excluding ortho intramolecular Hbond substituents is 2. The number of hydrogen-bond acceptors (Lipinski definition) is 4. The van der Waals surface area contributed by atoms with Gasteiger partial charge in [-0.2, -0.15) is 0 Å². The molecule has 38 heavy (non-hydrogen) atoms. The van der Waals surface area contributed by atoms with Crippen LogP contribution in [0.25, 0.3) is 0 Å². The van der Waals surface area contributed by atoms with Crippen molar-refractivity contribution in [3.63, 3.8) is 0 Å². The van der Waals surface area contributed by atoms with Gasteiger partial charge in [0.05, 0.1) is 0 Å². The van der Waals surface area contributed by atoms with Crippen LogP contribution in [0.4, 0.5) is 0 Å². The highest BCUT2D eigenvalue weighted by Crippen LogP contribution is 2.09. The first-order valence-corrected chi connectivity index (χ1v) is 14.2. The molecule has 2 aromatic rings. The van der Waals surface area contributed by atoms with E-state index >= 15 is 0 Å². The first-order chi connectivity index (χ1) is 18.3. The Hall–Kier alpha value is -3.02. The fourth-order valence-corrected chi connectivity index (χ4v) is 3.32. The normalized spacial score (nSPS) is 9.53. The van der Waals surface area contributed by atoms with Gasteiger partial charge in [-0.05, 0) is 37.1 Å². The summed E-state index contributed by atoms with van der Waals surface area (Å²) in [6.07, 6.45) is 17.3. The molecule has 0 bridgehead atoms. The van der Waals surface area contributed by atoms with Crippen molar-refractivity contribution in [3.05, 3.63) is 60.7 Å². The molecule has 0 aromatic heterocycles. The molecule has 0 amide bonds. The molecule has 0 aliphatic carbocycles. The van der Waals surface area contributed by atoms with E-state index in [1.807, 2.05) is 12.1 Å². The minimum absolute atomic E-state index is 0.322. The predicted octanol–water partition coefficient (Wildman–Crippen LogP) is 9.21. The van der Waals surface area contributed by atoms with Crippen LogP contribution in [0, 0.1) is 0 Å². The largest absolute Gasteiger partial charge is 0.508 e. The molecular formula is C32H52O6. The first-order valence-electron chi connectivity index (χ1n) is 14.2. The molecule has 0 aliphatic heterocycles. The highest BCUT2D eigenvalue weighted by molar-refractivity contribution is 5.66. The van der Waals surface area contributed by atoms with E-state index in [0.29, 0.717) is 24.3 Å². The lowest BCUT2D eigenvalue weighted by Crippen LogP contribution is -1.93. The van der Waals surface area contributed by atoms with Crippen LogP contribution in [-0.2, 0) is 9.59 Å². The summed E-state index contributed by atoms with van der Waals surface area (Å²) < 4.78 is 0. The Morgan fingerprint density at radius 3 is 0.947 bits per heavy atom. The number of aromatic hydroxyl groups is 2. The molecule has 0 saturated carbocycles. The lowest BCUT2D eigenvalue weighted by Gasteiger charge is -1.98. The number of hydrogen-bond donors (Lipinski definition) is 4. The molecule has 2 aromatic carbocycles. The SMILES string of the molecule is CCCCCCCCCC(=O)O.CCCCCCCCCC(=O)O.Oc1ccccc1.Oc1ccccc1. The van der Waals surface area contributed by atoms with Crippen molar-refractivity contribution >= 4 is 11.9 Å². The number of carboxylic acids is 2. The number of unbranched alkanes of at least 4 members (excludes halogenated alkanes) is 12. The van der Waals surface area contributed by atoms with Gasteiger partial charge >= 0.3 is 11.9 Å². The Kier molecular flexibility index (Phi) is 29.5. The van der Waals surface area contributed by atoms with E-state index in [9.17, 15) is 9.59 Å². The number of phenols is 2. The number of benzene rings is 2. The van der Waals surface area contributed by atoms with Crippen molar-refractivity contribution in [1.82, 2.24) is 0 Å². The summed E-state index contributed by atoms with van der Waals surface area (Å²) in [6, 6.07) is 17.4. The predicted molar refractivity (Wildman–Crippen MR) is 157 cm³/mol. The van der Waals surface area contributed by atoms with Crippen molar-refractivity contribution in [2.45, 2.75) is 117 Å². The van der Waals surface area contributed by atoms with Crippen LogP contribution < -0.4 is 0 Å². The summed E-state index contributed by atoms with van der Waals surface area (Å²) in [4.78, 5) is 20.3. The summed E-state index contributed by atoms with van der Waals surface area (Å²) in [5.41, 5.74) is 0. The Morgan fingerprint density at radius 1 is 0.474 bits per heavy atom. The summed E-state index contributed by atoms with van der Waals surface area (Å²) in [5, 5.41) is 34.0. The van der Waals surface area contributed by atoms with E-state index in [4.69, 9.17) is 20.4 Å². The molecule has 0 fully saturated rings. The van der Waals surface area contributed by atoms with Crippen LogP contribution in [0.15, 0.2) is 60.7 Å². The van der Waals surface area contributed by atoms with E-state index in [1.54, 1.807) is 48.5 Å². The van der Waals surface area contributed by atoms with Crippen molar-refractivity contribution < 1.29 is 30.0 Å². The van der Waals surface area contributed by atoms with Gasteiger partial charge < -0.3 is 20.4 Å². The van der Waals surface area contributed by atoms with Gasteiger partial charge in [-0.1, -0.05) is 127 Å². The van der Waals surface area contributed by atoms with Crippen LogP contribution in [-0.4, -0.2) is 32.4 Å². The number of para-hydroxylation sites is 2. The second-order valence-corrected chi connectivity index (χ2v) is 9.20. The van der Waals surface area contributed by atoms with Gasteiger partial charge in [0.1, 0.15) is 11.5 Å². The van der Waals surface area contributed by atoms with E-state index in [2.05, 4.69) is 13.8 Å². The van der Waals surface area contributed by atoms with Crippen LogP contribution >= 0.6 is 0 Å². The van der Waals surface area contributed by atoms with Gasteiger partial charge in [-0.25, -0.2) is 0 Å². The summed E-state index contributed by atoms with van der Waals surface area (Å²) >= 11 is 0. The maximum absolute atomic E-state index is 10.1. The van der Waals surface area contributed by atoms with Crippen LogP contribution in [0.3, 0.4) is 0 Å². The lowest BCUT2D eigenvalue weighted by molar-refractivity contribution is -0.138. The van der Waals surface area contributed by atoms with E-state index in [0.717, 1.165) is 25.7 Å². The standard InChI is InChI=1S/2C10H20O2.2C6H6O/c2*1-2-3-4-5-6-7-8-9-10(11)12;2*7-6-4-2-1-3-5-6/h2*2-9H2,1H3,(H,11,12);2*1-5,7H. The molecule has 0 atom stereocenters. The number of carboxylic acid groups (broad SMARTS) is 2. The summed E-state index contributed by atoms with van der Waals surface area (Å²) in [7, 11) is 0. The third-order valence-corrected chi connectivity index (χ3v) is 5.50. The molecule has 0 saturated heterocycles. The number of aliphatic carboxylic acids is 2. The van der Waals surface area contributed by atoms with Gasteiger partial charge in [0.15, 0.2) is 0 Å². The van der Waals surface area contributed by atoms with Crippen molar-refractivity contribution in [2.75, 3.05) is 0 Å². The third kappa shape index (κ3) is 35.1. The van der Waals surface area contributed by atoms with Gasteiger partial charge in [-0.15, -0.1) is 0 Å². The average Bonchev–Trinajstić information content (AvgIpc) is 2.89. The molecule has 0 aliphatic rings. The highest BCUT2D eigenvalue weighted by Gasteiger charge is 1.96. The molecular weight excluding hydrogens is 480 g/mol. The Balaban J connectivity index is 0. The summed E-state index contributed by atoms with van der Waals surface area (Å²) in [6.45, 7) is 4.40. The molecule has 4 N–H and O–H groups in total. The van der Waals surface area contributed by atoms with Gasteiger partial charge in [0, 0.05) is 12.8 Å². The van der Waals surface area contributed by atoms with Gasteiger partial charge in [-0.3, -0.25) is 9.59 Å². The van der Waals surface area contributed by atoms with E-state index in [-0.39, 0.29) is 0 Å². The third-order valence-electron chi connectivity index (χ3n) is 5.50. The smallest absolute Gasteiger partial charge is 0.303 e. The van der Waals surface area contributed by atoms with Gasteiger partial charge in [0.25, 0.3) is 0 Å². The number of carbonyl (C=O) groups is 2. The maximum atomic E-state index is 10.1. The molecule has 0 radical (unpaired) electrons. The second kappa shape index (κ2) is 30.2.